The Morgan fingerprint density at radius 3 is 2.67 bits per heavy atom. The summed E-state index contributed by atoms with van der Waals surface area (Å²) in [5, 5.41) is 2.89. The highest BCUT2D eigenvalue weighted by molar-refractivity contribution is 9.10. The number of carbonyl (C=O) groups excluding carboxylic acids is 1. The van der Waals surface area contributed by atoms with E-state index in [1.54, 1.807) is 13.3 Å². The zero-order valence-electron chi connectivity index (χ0n) is 12.1. The molecule has 0 saturated heterocycles. The van der Waals surface area contributed by atoms with Crippen LogP contribution in [0.25, 0.3) is 0 Å². The molecule has 1 unspecified atom stereocenters. The molecule has 1 N–H and O–H groups in total. The number of nitrogens with zero attached hydrogens (tertiary/aromatic N) is 2. The summed E-state index contributed by atoms with van der Waals surface area (Å²) in [5.41, 5.74) is 2.05. The smallest absolute Gasteiger partial charge is 0.271 e. The van der Waals surface area contributed by atoms with Gasteiger partial charge in [0.05, 0.1) is 29.5 Å². The lowest BCUT2D eigenvalue weighted by Crippen LogP contribution is -2.27. The van der Waals surface area contributed by atoms with Crippen LogP contribution in [0.3, 0.4) is 0 Å². The van der Waals surface area contributed by atoms with E-state index in [-0.39, 0.29) is 11.9 Å². The zero-order chi connectivity index (χ0) is 15.4. The molecule has 2 aromatic rings. The van der Waals surface area contributed by atoms with Gasteiger partial charge in [-0.05, 0) is 47.5 Å². The van der Waals surface area contributed by atoms with E-state index in [1.807, 2.05) is 32.0 Å². The number of ether oxygens (including phenoxy) is 1. The minimum absolute atomic E-state index is 0.150. The lowest BCUT2D eigenvalue weighted by Gasteiger charge is -2.15. The fraction of sp³-hybridized carbons (Fsp3) is 0.267. The number of methoxy groups -OCH3 is 1. The Morgan fingerprint density at radius 1 is 1.33 bits per heavy atom. The van der Waals surface area contributed by atoms with Gasteiger partial charge in [-0.2, -0.15) is 0 Å². The summed E-state index contributed by atoms with van der Waals surface area (Å²) in [7, 11) is 1.61. The summed E-state index contributed by atoms with van der Waals surface area (Å²) in [6.07, 6.45) is 3.05. The SMILES string of the molecule is COc1ccc(C(C)NC(=O)c2cnc(C)cn2)cc1Br. The Labute approximate surface area is 131 Å². The molecule has 6 heteroatoms. The first-order valence-corrected chi connectivity index (χ1v) is 7.23. The summed E-state index contributed by atoms with van der Waals surface area (Å²) in [4.78, 5) is 20.2. The number of hydrogen-bond donors (Lipinski definition) is 1. The third kappa shape index (κ3) is 3.78. The zero-order valence-corrected chi connectivity index (χ0v) is 13.6. The van der Waals surface area contributed by atoms with Crippen LogP contribution in [0.1, 0.15) is 34.7 Å². The number of carbonyl (C=O) groups is 1. The second-order valence-corrected chi connectivity index (χ2v) is 5.49. The monoisotopic (exact) mass is 349 g/mol. The number of hydrogen-bond acceptors (Lipinski definition) is 4. The van der Waals surface area contributed by atoms with Crippen LogP contribution in [-0.4, -0.2) is 23.0 Å². The number of benzene rings is 1. The van der Waals surface area contributed by atoms with Gasteiger partial charge in [0.1, 0.15) is 11.4 Å². The van der Waals surface area contributed by atoms with E-state index in [9.17, 15) is 4.79 Å². The van der Waals surface area contributed by atoms with Crippen molar-refractivity contribution in [1.82, 2.24) is 15.3 Å². The Balaban J connectivity index is 2.10. The third-order valence-electron chi connectivity index (χ3n) is 3.04. The molecule has 1 aromatic heterocycles. The standard InChI is InChI=1S/C15H16BrN3O2/c1-9-7-18-13(8-17-9)15(20)19-10(2)11-4-5-14(21-3)12(16)6-11/h4-8,10H,1-3H3,(H,19,20). The molecule has 0 radical (unpaired) electrons. The molecule has 1 atom stereocenters. The summed E-state index contributed by atoms with van der Waals surface area (Å²) >= 11 is 3.43. The summed E-state index contributed by atoms with van der Waals surface area (Å²) in [6, 6.07) is 5.54. The number of nitrogens with one attached hydrogen (secondary N) is 1. The van der Waals surface area contributed by atoms with Gasteiger partial charge in [0.25, 0.3) is 5.91 Å². The molecule has 0 saturated carbocycles. The molecule has 0 bridgehead atoms. The van der Waals surface area contributed by atoms with Crippen LogP contribution in [0.15, 0.2) is 35.1 Å². The molecule has 0 fully saturated rings. The molecule has 2 rings (SSSR count). The average Bonchev–Trinajstić information content (AvgIpc) is 2.47. The van der Waals surface area contributed by atoms with Crippen molar-refractivity contribution in [2.45, 2.75) is 19.9 Å². The van der Waals surface area contributed by atoms with Crippen molar-refractivity contribution in [3.05, 3.63) is 52.0 Å². The Kier molecular flexibility index (Phi) is 4.90. The second kappa shape index (κ2) is 6.67. The first-order valence-electron chi connectivity index (χ1n) is 6.44. The molecule has 0 aliphatic rings. The van der Waals surface area contributed by atoms with Gasteiger partial charge in [-0.25, -0.2) is 4.98 Å². The van der Waals surface area contributed by atoms with E-state index in [0.717, 1.165) is 21.5 Å². The van der Waals surface area contributed by atoms with Gasteiger partial charge in [0.2, 0.25) is 0 Å². The van der Waals surface area contributed by atoms with Gasteiger partial charge in [-0.15, -0.1) is 0 Å². The fourth-order valence-corrected chi connectivity index (χ4v) is 2.37. The van der Waals surface area contributed by atoms with Crippen molar-refractivity contribution in [3.8, 4) is 5.75 Å². The van der Waals surface area contributed by atoms with Crippen LogP contribution >= 0.6 is 15.9 Å². The van der Waals surface area contributed by atoms with Crippen molar-refractivity contribution in [2.24, 2.45) is 0 Å². The van der Waals surface area contributed by atoms with Gasteiger partial charge >= 0.3 is 0 Å². The van der Waals surface area contributed by atoms with Crippen LogP contribution in [0.4, 0.5) is 0 Å². The summed E-state index contributed by atoms with van der Waals surface area (Å²) < 4.78 is 6.03. The topological polar surface area (TPSA) is 64.1 Å². The number of aromatic nitrogens is 2. The molecule has 0 spiro atoms. The van der Waals surface area contributed by atoms with Crippen molar-refractivity contribution in [3.63, 3.8) is 0 Å². The molecule has 1 aromatic carbocycles. The maximum Gasteiger partial charge on any atom is 0.271 e. The van der Waals surface area contributed by atoms with Crippen LogP contribution in [0, 0.1) is 6.92 Å². The number of amides is 1. The van der Waals surface area contributed by atoms with Crippen molar-refractivity contribution in [1.29, 1.82) is 0 Å². The molecule has 21 heavy (non-hydrogen) atoms. The quantitative estimate of drug-likeness (QED) is 0.921. The Bertz CT molecular complexity index is 644. The number of aryl methyl sites for hydroxylation is 1. The highest BCUT2D eigenvalue weighted by atomic mass is 79.9. The van der Waals surface area contributed by atoms with E-state index in [1.165, 1.54) is 6.20 Å². The molecule has 1 heterocycles. The number of rotatable bonds is 4. The van der Waals surface area contributed by atoms with E-state index in [4.69, 9.17) is 4.74 Å². The molecular weight excluding hydrogens is 334 g/mol. The molecule has 5 nitrogen and oxygen atoms in total. The number of halogens is 1. The average molecular weight is 350 g/mol. The van der Waals surface area contributed by atoms with E-state index in [0.29, 0.717) is 5.69 Å². The van der Waals surface area contributed by atoms with Gasteiger partial charge in [-0.1, -0.05) is 6.07 Å². The van der Waals surface area contributed by atoms with Crippen molar-refractivity contribution < 1.29 is 9.53 Å². The predicted octanol–water partition coefficient (Wildman–Crippen LogP) is 3.05. The largest absolute Gasteiger partial charge is 0.496 e. The Hall–Kier alpha value is -1.95. The molecule has 110 valence electrons. The lowest BCUT2D eigenvalue weighted by molar-refractivity contribution is 0.0934. The summed E-state index contributed by atoms with van der Waals surface area (Å²) in [6.45, 7) is 3.74. The van der Waals surface area contributed by atoms with Crippen LogP contribution in [0.5, 0.6) is 5.75 Å². The lowest BCUT2D eigenvalue weighted by atomic mass is 10.1. The van der Waals surface area contributed by atoms with Gasteiger partial charge in [0, 0.05) is 6.20 Å². The van der Waals surface area contributed by atoms with Crippen molar-refractivity contribution in [2.75, 3.05) is 7.11 Å². The fourth-order valence-electron chi connectivity index (χ4n) is 1.82. The first kappa shape index (κ1) is 15.4. The molecule has 0 aliphatic heterocycles. The second-order valence-electron chi connectivity index (χ2n) is 4.63. The van der Waals surface area contributed by atoms with Gasteiger partial charge in [0.15, 0.2) is 0 Å². The van der Waals surface area contributed by atoms with E-state index < -0.39 is 0 Å². The molecular formula is C15H16BrN3O2. The normalized spacial score (nSPS) is 11.8. The van der Waals surface area contributed by atoms with E-state index >= 15 is 0 Å². The highest BCUT2D eigenvalue weighted by Crippen LogP contribution is 2.28. The predicted molar refractivity (Wildman–Crippen MR) is 83.3 cm³/mol. The van der Waals surface area contributed by atoms with Gasteiger partial charge < -0.3 is 10.1 Å². The highest BCUT2D eigenvalue weighted by Gasteiger charge is 2.14. The first-order chi connectivity index (χ1) is 10.0. The van der Waals surface area contributed by atoms with Crippen LogP contribution < -0.4 is 10.1 Å². The third-order valence-corrected chi connectivity index (χ3v) is 3.66. The van der Waals surface area contributed by atoms with Crippen molar-refractivity contribution >= 4 is 21.8 Å². The van der Waals surface area contributed by atoms with Crippen LogP contribution in [0.2, 0.25) is 0 Å². The van der Waals surface area contributed by atoms with E-state index in [2.05, 4.69) is 31.2 Å². The van der Waals surface area contributed by atoms with Crippen LogP contribution in [-0.2, 0) is 0 Å². The summed E-state index contributed by atoms with van der Waals surface area (Å²) in [5.74, 6) is 0.503. The minimum Gasteiger partial charge on any atom is -0.496 e. The molecule has 0 aliphatic carbocycles. The maximum atomic E-state index is 12.1. The maximum absolute atomic E-state index is 12.1. The van der Waals surface area contributed by atoms with Gasteiger partial charge in [-0.3, -0.25) is 9.78 Å². The Morgan fingerprint density at radius 2 is 2.10 bits per heavy atom. The minimum atomic E-state index is -0.248. The molecule has 1 amide bonds.